The van der Waals surface area contributed by atoms with Gasteiger partial charge in [0.1, 0.15) is 0 Å². The summed E-state index contributed by atoms with van der Waals surface area (Å²) in [6, 6.07) is 4.84. The first kappa shape index (κ1) is 13.7. The van der Waals surface area contributed by atoms with Crippen molar-refractivity contribution in [3.05, 3.63) is 24.0 Å². The second-order valence-corrected chi connectivity index (χ2v) is 5.81. The Balaban J connectivity index is 1.84. The Labute approximate surface area is 112 Å². The van der Waals surface area contributed by atoms with Crippen molar-refractivity contribution >= 4 is 0 Å². The van der Waals surface area contributed by atoms with E-state index in [1.165, 1.54) is 50.6 Å². The molecule has 0 radical (unpaired) electrons. The molecule has 0 bridgehead atoms. The Kier molecular flexibility index (Phi) is 5.30. The smallest absolute Gasteiger partial charge is 0.0498 e. The molecule has 1 aromatic heterocycles. The molecule has 0 aromatic carbocycles. The highest BCUT2D eigenvalue weighted by Gasteiger charge is 2.27. The molecule has 18 heavy (non-hydrogen) atoms. The minimum Gasteiger partial charge on any atom is -0.364 e. The van der Waals surface area contributed by atoms with E-state index in [1.54, 1.807) is 0 Å². The largest absolute Gasteiger partial charge is 0.364 e. The van der Waals surface area contributed by atoms with Crippen LogP contribution >= 0.6 is 0 Å². The van der Waals surface area contributed by atoms with E-state index >= 15 is 0 Å². The molecule has 1 fully saturated rings. The van der Waals surface area contributed by atoms with Gasteiger partial charge in [-0.1, -0.05) is 39.0 Å². The lowest BCUT2D eigenvalue weighted by molar-refractivity contribution is 0.216. The lowest BCUT2D eigenvalue weighted by atomic mass is 9.76. The molecule has 2 N–H and O–H groups in total. The molecule has 0 spiro atoms. The summed E-state index contributed by atoms with van der Waals surface area (Å²) >= 11 is 0. The van der Waals surface area contributed by atoms with E-state index in [-0.39, 0.29) is 0 Å². The van der Waals surface area contributed by atoms with Crippen LogP contribution in [-0.2, 0) is 0 Å². The molecule has 1 atom stereocenters. The molecule has 0 aliphatic heterocycles. The van der Waals surface area contributed by atoms with Crippen molar-refractivity contribution in [2.75, 3.05) is 7.05 Å². The third kappa shape index (κ3) is 3.38. The summed E-state index contributed by atoms with van der Waals surface area (Å²) in [7, 11) is 2.09. The zero-order valence-electron chi connectivity index (χ0n) is 11.9. The highest BCUT2D eigenvalue weighted by Crippen LogP contribution is 2.37. The number of hydrogen-bond donors (Lipinski definition) is 2. The van der Waals surface area contributed by atoms with Crippen LogP contribution in [0, 0.1) is 11.8 Å². The Morgan fingerprint density at radius 2 is 2.11 bits per heavy atom. The number of aromatic nitrogens is 1. The number of unbranched alkanes of at least 4 members (excludes halogenated alkanes) is 1. The van der Waals surface area contributed by atoms with E-state index in [9.17, 15) is 0 Å². The predicted octanol–water partition coefficient (Wildman–Crippen LogP) is 4.27. The van der Waals surface area contributed by atoms with Crippen LogP contribution in [0.15, 0.2) is 18.3 Å². The van der Waals surface area contributed by atoms with E-state index in [4.69, 9.17) is 0 Å². The van der Waals surface area contributed by atoms with Gasteiger partial charge >= 0.3 is 0 Å². The maximum absolute atomic E-state index is 3.50. The average molecular weight is 248 g/mol. The fourth-order valence-electron chi connectivity index (χ4n) is 3.49. The minimum atomic E-state index is 0.520. The Morgan fingerprint density at radius 1 is 1.33 bits per heavy atom. The Morgan fingerprint density at radius 3 is 2.67 bits per heavy atom. The van der Waals surface area contributed by atoms with Crippen molar-refractivity contribution in [3.63, 3.8) is 0 Å². The Bertz CT molecular complexity index is 310. The monoisotopic (exact) mass is 248 g/mol. The maximum atomic E-state index is 3.50. The number of rotatable bonds is 6. The van der Waals surface area contributed by atoms with Crippen molar-refractivity contribution in [1.82, 2.24) is 10.3 Å². The number of H-pyrrole nitrogens is 1. The van der Waals surface area contributed by atoms with Gasteiger partial charge in [-0.15, -0.1) is 0 Å². The van der Waals surface area contributed by atoms with Crippen molar-refractivity contribution < 1.29 is 0 Å². The third-order valence-electron chi connectivity index (χ3n) is 4.60. The molecule has 1 aliphatic rings. The zero-order valence-corrected chi connectivity index (χ0v) is 11.9. The molecule has 1 heterocycles. The van der Waals surface area contributed by atoms with Crippen molar-refractivity contribution in [2.24, 2.45) is 11.8 Å². The van der Waals surface area contributed by atoms with Crippen LogP contribution in [-0.4, -0.2) is 12.0 Å². The first-order chi connectivity index (χ1) is 8.85. The van der Waals surface area contributed by atoms with Gasteiger partial charge in [-0.25, -0.2) is 0 Å². The maximum Gasteiger partial charge on any atom is 0.0498 e. The number of nitrogens with one attached hydrogen (secondary N) is 2. The highest BCUT2D eigenvalue weighted by molar-refractivity contribution is 5.10. The first-order valence-corrected chi connectivity index (χ1v) is 7.65. The van der Waals surface area contributed by atoms with Crippen molar-refractivity contribution in [1.29, 1.82) is 0 Å². The molecule has 1 saturated carbocycles. The fourth-order valence-corrected chi connectivity index (χ4v) is 3.49. The van der Waals surface area contributed by atoms with Crippen LogP contribution in [0.3, 0.4) is 0 Å². The predicted molar refractivity (Wildman–Crippen MR) is 77.6 cm³/mol. The molecule has 1 aromatic rings. The number of hydrogen-bond acceptors (Lipinski definition) is 1. The average Bonchev–Trinajstić information content (AvgIpc) is 2.93. The van der Waals surface area contributed by atoms with E-state index in [0.717, 1.165) is 11.8 Å². The first-order valence-electron chi connectivity index (χ1n) is 7.65. The molecule has 1 unspecified atom stereocenters. The summed E-state index contributed by atoms with van der Waals surface area (Å²) in [5.41, 5.74) is 1.36. The molecule has 2 heteroatoms. The van der Waals surface area contributed by atoms with Gasteiger partial charge in [0.25, 0.3) is 0 Å². The second-order valence-electron chi connectivity index (χ2n) is 5.81. The second kappa shape index (κ2) is 6.98. The van der Waals surface area contributed by atoms with E-state index < -0.39 is 0 Å². The summed E-state index contributed by atoms with van der Waals surface area (Å²) in [4.78, 5) is 3.37. The van der Waals surface area contributed by atoms with E-state index in [2.05, 4.69) is 36.4 Å². The van der Waals surface area contributed by atoms with Gasteiger partial charge in [0.05, 0.1) is 0 Å². The van der Waals surface area contributed by atoms with Crippen molar-refractivity contribution in [3.8, 4) is 0 Å². The van der Waals surface area contributed by atoms with Crippen molar-refractivity contribution in [2.45, 2.75) is 57.9 Å². The van der Waals surface area contributed by atoms with Crippen LogP contribution in [0.25, 0.3) is 0 Å². The summed E-state index contributed by atoms with van der Waals surface area (Å²) in [6.45, 7) is 2.30. The summed E-state index contributed by atoms with van der Waals surface area (Å²) < 4.78 is 0. The quantitative estimate of drug-likeness (QED) is 0.773. The minimum absolute atomic E-state index is 0.520. The van der Waals surface area contributed by atoms with E-state index in [0.29, 0.717) is 6.04 Å². The van der Waals surface area contributed by atoms with Gasteiger partial charge in [0, 0.05) is 17.9 Å². The molecule has 2 nitrogen and oxygen atoms in total. The van der Waals surface area contributed by atoms with Gasteiger partial charge in [-0.2, -0.15) is 0 Å². The van der Waals surface area contributed by atoms with Crippen LogP contribution in [0.1, 0.15) is 63.6 Å². The van der Waals surface area contributed by atoms with Gasteiger partial charge < -0.3 is 10.3 Å². The molecular weight excluding hydrogens is 220 g/mol. The van der Waals surface area contributed by atoms with Gasteiger partial charge in [0.2, 0.25) is 0 Å². The van der Waals surface area contributed by atoms with E-state index in [1.807, 2.05) is 6.20 Å². The fraction of sp³-hybridized carbons (Fsp3) is 0.750. The number of aromatic amines is 1. The third-order valence-corrected chi connectivity index (χ3v) is 4.60. The SMILES string of the molecule is CCCCC1CCC(C(NC)c2ccc[nH]2)CC1. The Hall–Kier alpha value is -0.760. The van der Waals surface area contributed by atoms with Gasteiger partial charge in [-0.05, 0) is 43.9 Å². The lowest BCUT2D eigenvalue weighted by Crippen LogP contribution is -2.29. The van der Waals surface area contributed by atoms with Crippen LogP contribution in [0.4, 0.5) is 0 Å². The summed E-state index contributed by atoms with van der Waals surface area (Å²) in [6.07, 6.45) is 11.9. The van der Waals surface area contributed by atoms with Crippen LogP contribution in [0.5, 0.6) is 0 Å². The highest BCUT2D eigenvalue weighted by atomic mass is 14.9. The summed E-state index contributed by atoms with van der Waals surface area (Å²) in [5, 5.41) is 3.50. The molecule has 0 saturated heterocycles. The van der Waals surface area contributed by atoms with Gasteiger partial charge in [0.15, 0.2) is 0 Å². The standard InChI is InChI=1S/C16H28N2/c1-3-4-6-13-8-10-14(11-9-13)16(17-2)15-7-5-12-18-15/h5,7,12-14,16-18H,3-4,6,8-11H2,1-2H3. The molecular formula is C16H28N2. The normalized spacial score (nSPS) is 26.1. The van der Waals surface area contributed by atoms with Crippen LogP contribution in [0.2, 0.25) is 0 Å². The molecule has 2 rings (SSSR count). The molecule has 0 amide bonds. The molecule has 1 aliphatic carbocycles. The van der Waals surface area contributed by atoms with Gasteiger partial charge in [-0.3, -0.25) is 0 Å². The van der Waals surface area contributed by atoms with Crippen LogP contribution < -0.4 is 5.32 Å². The summed E-state index contributed by atoms with van der Waals surface area (Å²) in [5.74, 6) is 1.81. The topological polar surface area (TPSA) is 27.8 Å². The molecule has 102 valence electrons. The zero-order chi connectivity index (χ0) is 12.8. The lowest BCUT2D eigenvalue weighted by Gasteiger charge is -2.33.